The summed E-state index contributed by atoms with van der Waals surface area (Å²) in [5, 5.41) is 4.17. The van der Waals surface area contributed by atoms with Crippen LogP contribution in [0, 0.1) is 0 Å². The molecule has 0 unspecified atom stereocenters. The first-order valence-electron chi connectivity index (χ1n) is 8.37. The first-order chi connectivity index (χ1) is 14.6. The molecule has 0 saturated carbocycles. The van der Waals surface area contributed by atoms with Crippen LogP contribution >= 0.6 is 23.2 Å². The van der Waals surface area contributed by atoms with Crippen molar-refractivity contribution in [2.24, 2.45) is 0 Å². The number of anilines is 1. The maximum Gasteiger partial charge on any atom is 0.417 e. The molecule has 1 aromatic carbocycles. The Balaban J connectivity index is 1.61. The molecule has 2 heterocycles. The molecule has 0 radical (unpaired) electrons. The third-order valence-electron chi connectivity index (χ3n) is 3.69. The number of ether oxygens (including phenoxy) is 1. The number of halogens is 5. The van der Waals surface area contributed by atoms with E-state index in [1.807, 2.05) is 0 Å². The highest BCUT2D eigenvalue weighted by Crippen LogP contribution is 2.34. The van der Waals surface area contributed by atoms with Crippen LogP contribution in [0.2, 0.25) is 10.2 Å². The molecule has 160 valence electrons. The minimum absolute atomic E-state index is 0.0315. The van der Waals surface area contributed by atoms with Crippen LogP contribution in [0.15, 0.2) is 54.9 Å². The molecule has 0 aliphatic heterocycles. The number of hydrogen-bond donors (Lipinski definition) is 2. The smallest absolute Gasteiger partial charge is 0.417 e. The van der Waals surface area contributed by atoms with Crippen molar-refractivity contribution in [2.45, 2.75) is 6.18 Å². The zero-order valence-electron chi connectivity index (χ0n) is 15.2. The molecule has 3 rings (SSSR count). The Bertz CT molecular complexity index is 1130. The van der Waals surface area contributed by atoms with Crippen LogP contribution in [0.5, 0.6) is 11.6 Å². The van der Waals surface area contributed by atoms with Crippen LogP contribution in [0.3, 0.4) is 0 Å². The van der Waals surface area contributed by atoms with Gasteiger partial charge in [0, 0.05) is 18.1 Å². The summed E-state index contributed by atoms with van der Waals surface area (Å²) in [7, 11) is 0. The first-order valence-corrected chi connectivity index (χ1v) is 9.12. The molecular weight excluding hydrogens is 460 g/mol. The Hall–Kier alpha value is -3.37. The molecule has 0 saturated heterocycles. The fourth-order valence-electron chi connectivity index (χ4n) is 2.26. The number of pyridine rings is 2. The van der Waals surface area contributed by atoms with Crippen LogP contribution in [0.25, 0.3) is 0 Å². The number of rotatable bonds is 4. The van der Waals surface area contributed by atoms with Crippen molar-refractivity contribution in [3.63, 3.8) is 0 Å². The molecule has 2 aromatic heterocycles. The fraction of sp³-hybridized carbons (Fsp3) is 0.0526. The zero-order valence-corrected chi connectivity index (χ0v) is 16.7. The van der Waals surface area contributed by atoms with Gasteiger partial charge < -0.3 is 10.1 Å². The van der Waals surface area contributed by atoms with Crippen molar-refractivity contribution >= 4 is 40.8 Å². The second kappa shape index (κ2) is 9.19. The summed E-state index contributed by atoms with van der Waals surface area (Å²) in [4.78, 5) is 31.3. The van der Waals surface area contributed by atoms with E-state index in [-0.39, 0.29) is 27.4 Å². The van der Waals surface area contributed by atoms with E-state index < -0.39 is 23.7 Å². The molecule has 0 fully saturated rings. The highest BCUT2D eigenvalue weighted by atomic mass is 35.5. The predicted octanol–water partition coefficient (Wildman–Crippen LogP) is 5.56. The number of nitrogens with zero attached hydrogens (tertiary/aromatic N) is 2. The van der Waals surface area contributed by atoms with E-state index in [1.165, 1.54) is 42.6 Å². The summed E-state index contributed by atoms with van der Waals surface area (Å²) >= 11 is 11.6. The highest BCUT2D eigenvalue weighted by Gasteiger charge is 2.31. The molecule has 0 spiro atoms. The summed E-state index contributed by atoms with van der Waals surface area (Å²) in [6.45, 7) is 0. The molecule has 3 aromatic rings. The summed E-state index contributed by atoms with van der Waals surface area (Å²) in [6.07, 6.45) is -2.57. The molecule has 12 heteroatoms. The molecular formula is C19H11Cl2F3N4O3. The lowest BCUT2D eigenvalue weighted by atomic mass is 10.2. The van der Waals surface area contributed by atoms with E-state index in [0.29, 0.717) is 18.0 Å². The van der Waals surface area contributed by atoms with Crippen LogP contribution < -0.4 is 15.4 Å². The number of benzene rings is 1. The van der Waals surface area contributed by atoms with Crippen molar-refractivity contribution in [1.29, 1.82) is 0 Å². The molecule has 0 aliphatic rings. The maximum atomic E-state index is 12.7. The Morgan fingerprint density at radius 1 is 1.03 bits per heavy atom. The Morgan fingerprint density at radius 2 is 1.74 bits per heavy atom. The van der Waals surface area contributed by atoms with Gasteiger partial charge >= 0.3 is 12.2 Å². The Labute approximate surface area is 183 Å². The van der Waals surface area contributed by atoms with Crippen molar-refractivity contribution in [3.05, 3.63) is 76.2 Å². The van der Waals surface area contributed by atoms with Crippen LogP contribution in [-0.4, -0.2) is 21.9 Å². The number of urea groups is 1. The Kier molecular flexibility index (Phi) is 6.62. The quantitative estimate of drug-likeness (QED) is 0.487. The van der Waals surface area contributed by atoms with Gasteiger partial charge in [0.15, 0.2) is 0 Å². The lowest BCUT2D eigenvalue weighted by Gasteiger charge is -2.11. The summed E-state index contributed by atoms with van der Waals surface area (Å²) in [5.41, 5.74) is -0.664. The average molecular weight is 471 g/mol. The third-order valence-corrected chi connectivity index (χ3v) is 4.26. The molecule has 0 bridgehead atoms. The fourth-order valence-corrected chi connectivity index (χ4v) is 2.67. The molecule has 0 atom stereocenters. The van der Waals surface area contributed by atoms with E-state index >= 15 is 0 Å². The van der Waals surface area contributed by atoms with Gasteiger partial charge in [0.2, 0.25) is 5.88 Å². The molecule has 0 aliphatic carbocycles. The van der Waals surface area contributed by atoms with E-state index in [4.69, 9.17) is 27.9 Å². The van der Waals surface area contributed by atoms with Gasteiger partial charge in [0.25, 0.3) is 5.91 Å². The Morgan fingerprint density at radius 3 is 2.35 bits per heavy atom. The van der Waals surface area contributed by atoms with E-state index in [2.05, 4.69) is 20.6 Å². The molecule has 2 N–H and O–H groups in total. The van der Waals surface area contributed by atoms with E-state index in [0.717, 1.165) is 0 Å². The maximum absolute atomic E-state index is 12.7. The van der Waals surface area contributed by atoms with Crippen LogP contribution in [0.1, 0.15) is 15.9 Å². The average Bonchev–Trinajstić information content (AvgIpc) is 2.70. The van der Waals surface area contributed by atoms with E-state index in [9.17, 15) is 22.8 Å². The van der Waals surface area contributed by atoms with Gasteiger partial charge in [-0.25, -0.2) is 14.8 Å². The van der Waals surface area contributed by atoms with Crippen molar-refractivity contribution in [2.75, 3.05) is 5.32 Å². The minimum Gasteiger partial charge on any atom is -0.438 e. The van der Waals surface area contributed by atoms with E-state index in [1.54, 1.807) is 0 Å². The summed E-state index contributed by atoms with van der Waals surface area (Å²) in [6, 6.07) is 8.51. The number of carbonyl (C=O) groups is 2. The van der Waals surface area contributed by atoms with Gasteiger partial charge in [-0.2, -0.15) is 13.2 Å². The van der Waals surface area contributed by atoms with Gasteiger partial charge in [-0.3, -0.25) is 10.1 Å². The zero-order chi connectivity index (χ0) is 22.6. The predicted molar refractivity (Wildman–Crippen MR) is 106 cm³/mol. The number of amides is 3. The summed E-state index contributed by atoms with van der Waals surface area (Å²) in [5.74, 6) is -0.746. The topological polar surface area (TPSA) is 93.2 Å². The number of alkyl halides is 3. The number of aromatic nitrogens is 2. The van der Waals surface area contributed by atoms with Gasteiger partial charge in [0.1, 0.15) is 15.9 Å². The minimum atomic E-state index is -4.58. The normalized spacial score (nSPS) is 11.0. The lowest BCUT2D eigenvalue weighted by Crippen LogP contribution is -2.34. The monoisotopic (exact) mass is 470 g/mol. The molecule has 7 nitrogen and oxygen atoms in total. The van der Waals surface area contributed by atoms with Crippen molar-refractivity contribution in [3.8, 4) is 11.6 Å². The number of carbonyl (C=O) groups excluding carboxylic acids is 2. The first kappa shape index (κ1) is 22.3. The number of hydrogen-bond acceptors (Lipinski definition) is 5. The lowest BCUT2D eigenvalue weighted by molar-refractivity contribution is -0.137. The SMILES string of the molecule is O=C(NC(=O)c1cccnc1Cl)Nc1ccc(Oc2ncc(C(F)(F)F)cc2Cl)cc1. The van der Waals surface area contributed by atoms with Crippen LogP contribution in [0.4, 0.5) is 23.7 Å². The second-order valence-corrected chi connectivity index (χ2v) is 6.65. The van der Waals surface area contributed by atoms with Gasteiger partial charge in [-0.15, -0.1) is 0 Å². The van der Waals surface area contributed by atoms with Gasteiger partial charge in [0.05, 0.1) is 11.1 Å². The highest BCUT2D eigenvalue weighted by molar-refractivity contribution is 6.33. The van der Waals surface area contributed by atoms with Gasteiger partial charge in [-0.1, -0.05) is 23.2 Å². The summed E-state index contributed by atoms with van der Waals surface area (Å²) < 4.78 is 43.3. The molecule has 3 amide bonds. The van der Waals surface area contributed by atoms with Crippen molar-refractivity contribution in [1.82, 2.24) is 15.3 Å². The number of imide groups is 1. The molecule has 31 heavy (non-hydrogen) atoms. The van der Waals surface area contributed by atoms with Crippen molar-refractivity contribution < 1.29 is 27.5 Å². The second-order valence-electron chi connectivity index (χ2n) is 5.89. The number of nitrogens with one attached hydrogen (secondary N) is 2. The van der Waals surface area contributed by atoms with Gasteiger partial charge in [-0.05, 0) is 42.5 Å². The largest absolute Gasteiger partial charge is 0.438 e. The third kappa shape index (κ3) is 5.83. The standard InChI is InChI=1S/C19H11Cl2F3N4O3/c20-14-8-10(19(22,23)24)9-26-17(14)31-12-5-3-11(4-6-12)27-18(30)28-16(29)13-2-1-7-25-15(13)21/h1-9H,(H2,27,28,29,30). The van der Waals surface area contributed by atoms with Crippen LogP contribution in [-0.2, 0) is 6.18 Å².